The van der Waals surface area contributed by atoms with Gasteiger partial charge in [-0.2, -0.15) is 5.26 Å². The molecule has 0 radical (unpaired) electrons. The van der Waals surface area contributed by atoms with Crippen molar-refractivity contribution in [3.8, 4) is 6.07 Å². The quantitative estimate of drug-likeness (QED) is 0.809. The predicted molar refractivity (Wildman–Crippen MR) is 77.1 cm³/mol. The van der Waals surface area contributed by atoms with Gasteiger partial charge in [0, 0.05) is 26.2 Å². The van der Waals surface area contributed by atoms with E-state index in [4.69, 9.17) is 10.00 Å². The first-order chi connectivity index (χ1) is 9.58. The number of nitriles is 1. The zero-order chi connectivity index (χ0) is 15.0. The molecule has 0 fully saturated rings. The molecule has 1 aromatic carbocycles. The Morgan fingerprint density at radius 3 is 2.55 bits per heavy atom. The molecule has 1 N–H and O–H groups in total. The van der Waals surface area contributed by atoms with Crippen LogP contribution in [0.3, 0.4) is 0 Å². The van der Waals surface area contributed by atoms with Gasteiger partial charge in [-0.05, 0) is 31.5 Å². The van der Waals surface area contributed by atoms with Crippen LogP contribution in [0.5, 0.6) is 0 Å². The Labute approximate surface area is 120 Å². The van der Waals surface area contributed by atoms with E-state index in [1.165, 1.54) is 0 Å². The van der Waals surface area contributed by atoms with Crippen LogP contribution in [-0.2, 0) is 11.3 Å². The van der Waals surface area contributed by atoms with Crippen molar-refractivity contribution in [2.75, 3.05) is 20.3 Å². The average Bonchev–Trinajstić information content (AvgIpc) is 2.45. The number of benzene rings is 1. The number of nitrogens with one attached hydrogen (secondary N) is 1. The van der Waals surface area contributed by atoms with Gasteiger partial charge in [0.25, 0.3) is 0 Å². The highest BCUT2D eigenvalue weighted by Gasteiger charge is 2.16. The van der Waals surface area contributed by atoms with Gasteiger partial charge in [-0.15, -0.1) is 0 Å². The lowest BCUT2D eigenvalue weighted by atomic mass is 10.1. The third-order valence-electron chi connectivity index (χ3n) is 2.90. The molecule has 1 aromatic rings. The first-order valence-electron chi connectivity index (χ1n) is 6.61. The zero-order valence-corrected chi connectivity index (χ0v) is 12.2. The standard InChI is InChI=1S/C15H21N3O2/c1-12(2)18(15(19)17-8-9-20-3)11-14-6-4-13(10-16)5-7-14/h4-7,12H,8-9,11H2,1-3H3,(H,17,19). The molecule has 5 nitrogen and oxygen atoms in total. The molecule has 0 aliphatic rings. The van der Waals surface area contributed by atoms with Gasteiger partial charge in [0.15, 0.2) is 0 Å². The van der Waals surface area contributed by atoms with E-state index in [2.05, 4.69) is 11.4 Å². The lowest BCUT2D eigenvalue weighted by Gasteiger charge is -2.27. The molecule has 0 aromatic heterocycles. The second-order valence-electron chi connectivity index (χ2n) is 4.76. The summed E-state index contributed by atoms with van der Waals surface area (Å²) in [4.78, 5) is 13.8. The minimum atomic E-state index is -0.110. The van der Waals surface area contributed by atoms with Crippen molar-refractivity contribution in [2.24, 2.45) is 0 Å². The van der Waals surface area contributed by atoms with Crippen molar-refractivity contribution in [3.63, 3.8) is 0 Å². The van der Waals surface area contributed by atoms with Crippen LogP contribution < -0.4 is 5.32 Å². The van der Waals surface area contributed by atoms with Gasteiger partial charge in [-0.1, -0.05) is 12.1 Å². The lowest BCUT2D eigenvalue weighted by molar-refractivity contribution is 0.167. The van der Waals surface area contributed by atoms with Crippen LogP contribution >= 0.6 is 0 Å². The Hall–Kier alpha value is -2.06. The van der Waals surface area contributed by atoms with E-state index < -0.39 is 0 Å². The van der Waals surface area contributed by atoms with Gasteiger partial charge < -0.3 is 15.0 Å². The molecule has 0 aliphatic heterocycles. The second-order valence-corrected chi connectivity index (χ2v) is 4.76. The fourth-order valence-corrected chi connectivity index (χ4v) is 1.73. The number of hydrogen-bond donors (Lipinski definition) is 1. The molecule has 2 amide bonds. The normalized spacial score (nSPS) is 10.2. The maximum Gasteiger partial charge on any atom is 0.318 e. The monoisotopic (exact) mass is 275 g/mol. The number of nitrogens with zero attached hydrogens (tertiary/aromatic N) is 2. The van der Waals surface area contributed by atoms with Crippen molar-refractivity contribution in [3.05, 3.63) is 35.4 Å². The highest BCUT2D eigenvalue weighted by molar-refractivity contribution is 5.74. The van der Waals surface area contributed by atoms with Crippen LogP contribution in [0.4, 0.5) is 4.79 Å². The fourth-order valence-electron chi connectivity index (χ4n) is 1.73. The Balaban J connectivity index is 2.66. The van der Waals surface area contributed by atoms with E-state index in [1.54, 1.807) is 24.1 Å². The van der Waals surface area contributed by atoms with Crippen LogP contribution in [0.15, 0.2) is 24.3 Å². The molecule has 1 rings (SSSR count). The van der Waals surface area contributed by atoms with Gasteiger partial charge in [-0.3, -0.25) is 0 Å². The molecular formula is C15H21N3O2. The van der Waals surface area contributed by atoms with Gasteiger partial charge in [0.2, 0.25) is 0 Å². The maximum atomic E-state index is 12.1. The summed E-state index contributed by atoms with van der Waals surface area (Å²) in [5.74, 6) is 0. The van der Waals surface area contributed by atoms with Crippen LogP contribution in [0, 0.1) is 11.3 Å². The van der Waals surface area contributed by atoms with E-state index in [0.29, 0.717) is 25.3 Å². The molecule has 0 aliphatic carbocycles. The largest absolute Gasteiger partial charge is 0.383 e. The first kappa shape index (κ1) is 16.0. The maximum absolute atomic E-state index is 12.1. The Bertz CT molecular complexity index is 463. The van der Waals surface area contributed by atoms with Crippen molar-refractivity contribution in [1.82, 2.24) is 10.2 Å². The number of rotatable bonds is 6. The summed E-state index contributed by atoms with van der Waals surface area (Å²) >= 11 is 0. The minimum absolute atomic E-state index is 0.0909. The molecule has 0 atom stereocenters. The summed E-state index contributed by atoms with van der Waals surface area (Å²) in [5, 5.41) is 11.6. The molecule has 108 valence electrons. The highest BCUT2D eigenvalue weighted by atomic mass is 16.5. The fraction of sp³-hybridized carbons (Fsp3) is 0.467. The molecule has 0 heterocycles. The molecule has 5 heteroatoms. The molecule has 0 unspecified atom stereocenters. The molecule has 0 spiro atoms. The van der Waals surface area contributed by atoms with Crippen molar-refractivity contribution in [1.29, 1.82) is 5.26 Å². The first-order valence-corrected chi connectivity index (χ1v) is 6.61. The number of carbonyl (C=O) groups is 1. The van der Waals surface area contributed by atoms with Crippen LogP contribution in [0.2, 0.25) is 0 Å². The molecular weight excluding hydrogens is 254 g/mol. The lowest BCUT2D eigenvalue weighted by Crippen LogP contribution is -2.44. The van der Waals surface area contributed by atoms with Crippen LogP contribution in [0.1, 0.15) is 25.0 Å². The molecule has 20 heavy (non-hydrogen) atoms. The van der Waals surface area contributed by atoms with E-state index in [9.17, 15) is 4.79 Å². The Kier molecular flexibility index (Phi) is 6.54. The number of urea groups is 1. The third kappa shape index (κ3) is 4.90. The van der Waals surface area contributed by atoms with Crippen molar-refractivity contribution in [2.45, 2.75) is 26.4 Å². The van der Waals surface area contributed by atoms with E-state index >= 15 is 0 Å². The van der Waals surface area contributed by atoms with Crippen LogP contribution in [0.25, 0.3) is 0 Å². The number of amides is 2. The summed E-state index contributed by atoms with van der Waals surface area (Å²) in [6, 6.07) is 9.33. The number of carbonyl (C=O) groups excluding carboxylic acids is 1. The number of methoxy groups -OCH3 is 1. The number of hydrogen-bond acceptors (Lipinski definition) is 3. The van der Waals surface area contributed by atoms with Crippen LogP contribution in [-0.4, -0.2) is 37.2 Å². The van der Waals surface area contributed by atoms with E-state index in [-0.39, 0.29) is 12.1 Å². The third-order valence-corrected chi connectivity index (χ3v) is 2.90. The van der Waals surface area contributed by atoms with E-state index in [0.717, 1.165) is 5.56 Å². The summed E-state index contributed by atoms with van der Waals surface area (Å²) in [5.41, 5.74) is 1.62. The molecule has 0 bridgehead atoms. The van der Waals surface area contributed by atoms with Gasteiger partial charge in [-0.25, -0.2) is 4.79 Å². The zero-order valence-electron chi connectivity index (χ0n) is 12.2. The summed E-state index contributed by atoms with van der Waals surface area (Å²) in [6.07, 6.45) is 0. The van der Waals surface area contributed by atoms with Crippen molar-refractivity contribution < 1.29 is 9.53 Å². The van der Waals surface area contributed by atoms with Gasteiger partial charge in [0.1, 0.15) is 0 Å². The summed E-state index contributed by atoms with van der Waals surface area (Å²) < 4.78 is 4.91. The van der Waals surface area contributed by atoms with Crippen molar-refractivity contribution >= 4 is 6.03 Å². The smallest absolute Gasteiger partial charge is 0.318 e. The molecule has 0 saturated carbocycles. The number of ether oxygens (including phenoxy) is 1. The molecule has 0 saturated heterocycles. The van der Waals surface area contributed by atoms with Gasteiger partial charge in [0.05, 0.1) is 18.2 Å². The SMILES string of the molecule is COCCNC(=O)N(Cc1ccc(C#N)cc1)C(C)C. The second kappa shape index (κ2) is 8.18. The Morgan fingerprint density at radius 1 is 1.40 bits per heavy atom. The topological polar surface area (TPSA) is 65.4 Å². The predicted octanol–water partition coefficient (Wildman–Crippen LogP) is 2.12. The minimum Gasteiger partial charge on any atom is -0.383 e. The average molecular weight is 275 g/mol. The van der Waals surface area contributed by atoms with Gasteiger partial charge >= 0.3 is 6.03 Å². The summed E-state index contributed by atoms with van der Waals surface area (Å²) in [6.45, 7) is 5.45. The Morgan fingerprint density at radius 2 is 2.05 bits per heavy atom. The summed E-state index contributed by atoms with van der Waals surface area (Å²) in [7, 11) is 1.60. The van der Waals surface area contributed by atoms with E-state index in [1.807, 2.05) is 26.0 Å². The highest BCUT2D eigenvalue weighted by Crippen LogP contribution is 2.10.